The molecule has 1 fully saturated rings. The smallest absolute Gasteiger partial charge is 0.0536 e. The van der Waals surface area contributed by atoms with Crippen molar-refractivity contribution in [2.75, 3.05) is 13.1 Å². The van der Waals surface area contributed by atoms with Crippen LogP contribution in [-0.4, -0.2) is 24.0 Å². The van der Waals surface area contributed by atoms with E-state index in [4.69, 9.17) is 5.21 Å². The second-order valence-electron chi connectivity index (χ2n) is 1.84. The van der Waals surface area contributed by atoms with E-state index in [9.17, 15) is 0 Å². The average molecular weight is 113 g/mol. The van der Waals surface area contributed by atoms with Crippen LogP contribution in [0.15, 0.2) is 5.16 Å². The fraction of sp³-hybridized carbons (Fsp3) is 0.800. The topological polar surface area (TPSA) is 46.7 Å². The predicted molar refractivity (Wildman–Crippen MR) is 31.5 cm³/mol. The maximum atomic E-state index is 8.24. The van der Waals surface area contributed by atoms with Crippen LogP contribution in [0.5, 0.6) is 0 Å². The third-order valence-electron chi connectivity index (χ3n) is 1.26. The monoisotopic (exact) mass is 113 g/mol. The van der Waals surface area contributed by atoms with Gasteiger partial charge in [-0.05, 0) is 12.8 Å². The molecule has 1 heterocycles. The summed E-state index contributed by atoms with van der Waals surface area (Å²) in [5.41, 5.74) is 0.889. The van der Waals surface area contributed by atoms with Crippen molar-refractivity contribution in [3.05, 3.63) is 5.32 Å². The van der Waals surface area contributed by atoms with Crippen LogP contribution in [0.2, 0.25) is 0 Å². The van der Waals surface area contributed by atoms with Crippen molar-refractivity contribution in [1.82, 2.24) is 0 Å². The van der Waals surface area contributed by atoms with Gasteiger partial charge in [-0.1, -0.05) is 5.16 Å². The fourth-order valence-corrected chi connectivity index (χ4v) is 0.753. The Morgan fingerprint density at radius 2 is 2.00 bits per heavy atom. The molecule has 0 aliphatic carbocycles. The van der Waals surface area contributed by atoms with Crippen molar-refractivity contribution >= 4 is 5.71 Å². The lowest BCUT2D eigenvalue weighted by atomic mass is 10.1. The van der Waals surface area contributed by atoms with Crippen molar-refractivity contribution in [2.45, 2.75) is 12.8 Å². The van der Waals surface area contributed by atoms with E-state index in [1.54, 1.807) is 0 Å². The number of rotatable bonds is 0. The van der Waals surface area contributed by atoms with E-state index >= 15 is 0 Å². The lowest BCUT2D eigenvalue weighted by Gasteiger charge is -2.24. The van der Waals surface area contributed by atoms with Crippen LogP contribution < -0.4 is 0 Å². The molecule has 3 nitrogen and oxygen atoms in total. The average Bonchev–Trinajstić information content (AvgIpc) is 1.90. The van der Waals surface area contributed by atoms with Gasteiger partial charge in [0.05, 0.1) is 5.71 Å². The molecule has 3 heteroatoms. The second-order valence-corrected chi connectivity index (χ2v) is 1.84. The normalized spacial score (nSPS) is 20.8. The zero-order valence-electron chi connectivity index (χ0n) is 4.67. The molecule has 0 radical (unpaired) electrons. The molecule has 0 unspecified atom stereocenters. The van der Waals surface area contributed by atoms with Gasteiger partial charge < -0.3 is 10.5 Å². The van der Waals surface area contributed by atoms with Gasteiger partial charge in [0, 0.05) is 0 Å². The third-order valence-corrected chi connectivity index (χ3v) is 1.26. The van der Waals surface area contributed by atoms with E-state index in [0.717, 1.165) is 31.6 Å². The van der Waals surface area contributed by atoms with Gasteiger partial charge in [-0.3, -0.25) is 0 Å². The van der Waals surface area contributed by atoms with Gasteiger partial charge in [0.15, 0.2) is 0 Å². The van der Waals surface area contributed by atoms with Crippen LogP contribution in [-0.2, 0) is 0 Å². The Morgan fingerprint density at radius 3 is 2.38 bits per heavy atom. The van der Waals surface area contributed by atoms with Gasteiger partial charge in [0.2, 0.25) is 0 Å². The molecule has 1 rings (SSSR count). The van der Waals surface area contributed by atoms with Crippen molar-refractivity contribution < 1.29 is 5.21 Å². The number of oxime groups is 1. The van der Waals surface area contributed by atoms with Crippen molar-refractivity contribution in [3.63, 3.8) is 0 Å². The summed E-state index contributed by atoms with van der Waals surface area (Å²) in [4.78, 5) is 0. The van der Waals surface area contributed by atoms with Crippen LogP contribution in [0.1, 0.15) is 12.8 Å². The molecule has 0 spiro atoms. The Hall–Kier alpha value is -0.570. The lowest BCUT2D eigenvalue weighted by molar-refractivity contribution is 0.316. The van der Waals surface area contributed by atoms with Crippen molar-refractivity contribution in [2.24, 2.45) is 5.16 Å². The molecule has 0 atom stereocenters. The van der Waals surface area contributed by atoms with Gasteiger partial charge >= 0.3 is 0 Å². The quantitative estimate of drug-likeness (QED) is 0.369. The summed E-state index contributed by atoms with van der Waals surface area (Å²) in [7, 11) is 0. The van der Waals surface area contributed by atoms with Crippen molar-refractivity contribution in [3.8, 4) is 0 Å². The number of hydrogen-bond donors (Lipinski definition) is 1. The van der Waals surface area contributed by atoms with E-state index < -0.39 is 0 Å². The highest BCUT2D eigenvalue weighted by Gasteiger charge is 1.97. The molecular formula is C5H9N2O-. The molecule has 1 N–H and O–H groups in total. The van der Waals surface area contributed by atoms with Gasteiger partial charge in [0.25, 0.3) is 0 Å². The van der Waals surface area contributed by atoms with E-state index in [0.29, 0.717) is 0 Å². The number of hydrogen-bond acceptors (Lipinski definition) is 2. The summed E-state index contributed by atoms with van der Waals surface area (Å²) in [6, 6.07) is 0. The maximum Gasteiger partial charge on any atom is 0.0536 e. The lowest BCUT2D eigenvalue weighted by Crippen LogP contribution is -2.10. The van der Waals surface area contributed by atoms with Gasteiger partial charge in [-0.25, -0.2) is 0 Å². The summed E-state index contributed by atoms with van der Waals surface area (Å²) in [5, 5.41) is 15.4. The summed E-state index contributed by atoms with van der Waals surface area (Å²) in [6.07, 6.45) is 1.69. The SMILES string of the molecule is ON=C1CC[N-]CC1. The zero-order chi connectivity index (χ0) is 5.82. The molecule has 1 aliphatic heterocycles. The molecule has 0 aromatic heterocycles. The first-order valence-corrected chi connectivity index (χ1v) is 2.76. The largest absolute Gasteiger partial charge is 0.662 e. The highest BCUT2D eigenvalue weighted by atomic mass is 16.4. The van der Waals surface area contributed by atoms with Crippen molar-refractivity contribution in [1.29, 1.82) is 0 Å². The van der Waals surface area contributed by atoms with E-state index in [1.165, 1.54) is 0 Å². The van der Waals surface area contributed by atoms with Crippen LogP contribution in [0.3, 0.4) is 0 Å². The molecule has 1 saturated heterocycles. The predicted octanol–water partition coefficient (Wildman–Crippen LogP) is 0.984. The minimum absolute atomic E-state index is 0.833. The van der Waals surface area contributed by atoms with Gasteiger partial charge in [-0.2, -0.15) is 0 Å². The summed E-state index contributed by atoms with van der Waals surface area (Å²) >= 11 is 0. The van der Waals surface area contributed by atoms with E-state index in [1.807, 2.05) is 0 Å². The molecule has 0 aromatic rings. The summed E-state index contributed by atoms with van der Waals surface area (Å²) in [6.45, 7) is 1.67. The Morgan fingerprint density at radius 1 is 1.38 bits per heavy atom. The first-order chi connectivity index (χ1) is 3.93. The molecular weight excluding hydrogens is 104 g/mol. The molecule has 0 saturated carbocycles. The Balaban J connectivity index is 2.33. The molecule has 8 heavy (non-hydrogen) atoms. The van der Waals surface area contributed by atoms with Crippen LogP contribution in [0.4, 0.5) is 0 Å². The van der Waals surface area contributed by atoms with Gasteiger partial charge in [0.1, 0.15) is 0 Å². The highest BCUT2D eigenvalue weighted by molar-refractivity contribution is 5.85. The fourth-order valence-electron chi connectivity index (χ4n) is 0.753. The molecule has 0 amide bonds. The minimum Gasteiger partial charge on any atom is -0.662 e. The van der Waals surface area contributed by atoms with Crippen LogP contribution in [0.25, 0.3) is 5.32 Å². The van der Waals surface area contributed by atoms with Crippen LogP contribution >= 0.6 is 0 Å². The number of nitrogens with zero attached hydrogens (tertiary/aromatic N) is 2. The Bertz CT molecular complexity index is 92.6. The molecule has 1 aliphatic rings. The Labute approximate surface area is 48.4 Å². The van der Waals surface area contributed by atoms with Gasteiger partial charge in [-0.15, -0.1) is 13.1 Å². The minimum atomic E-state index is 0.833. The number of piperidine rings is 1. The Kier molecular flexibility index (Phi) is 1.86. The zero-order valence-corrected chi connectivity index (χ0v) is 4.67. The standard InChI is InChI=1S/C5H9N2O/c8-7-5-1-3-6-4-2-5/h8H,1-4H2/q-1. The van der Waals surface area contributed by atoms with E-state index in [2.05, 4.69) is 10.5 Å². The maximum absolute atomic E-state index is 8.24. The molecule has 46 valence electrons. The first-order valence-electron chi connectivity index (χ1n) is 2.76. The summed E-state index contributed by atoms with van der Waals surface area (Å²) < 4.78 is 0. The summed E-state index contributed by atoms with van der Waals surface area (Å²) in [5.74, 6) is 0. The second kappa shape index (κ2) is 2.67. The molecule has 0 bridgehead atoms. The van der Waals surface area contributed by atoms with Crippen LogP contribution in [0, 0.1) is 0 Å². The highest BCUT2D eigenvalue weighted by Crippen LogP contribution is 2.05. The molecule has 0 aromatic carbocycles. The first kappa shape index (κ1) is 5.56. The third kappa shape index (κ3) is 1.20. The van der Waals surface area contributed by atoms with E-state index in [-0.39, 0.29) is 0 Å².